The van der Waals surface area contributed by atoms with Crippen molar-refractivity contribution in [1.29, 1.82) is 0 Å². The standard InChI is InChI=1S/C22H29ClN6O.HI/c1-24-22(27(2)17-18-6-5-7-19(23)16-18)26-11-9-21(30)29-14-12-28(13-15-29)20-8-3-4-10-25-20;/h3-8,10,16H,9,11-15,17H2,1-2H3,(H,24,26);1H. The molecule has 0 unspecified atom stereocenters. The lowest BCUT2D eigenvalue weighted by molar-refractivity contribution is -0.131. The van der Waals surface area contributed by atoms with Crippen LogP contribution in [-0.4, -0.2) is 73.5 Å². The second kappa shape index (κ2) is 12.7. The third-order valence-electron chi connectivity index (χ3n) is 5.11. The number of nitrogens with one attached hydrogen (secondary N) is 1. The van der Waals surface area contributed by atoms with Crippen LogP contribution < -0.4 is 10.2 Å². The number of nitrogens with zero attached hydrogens (tertiary/aromatic N) is 5. The number of piperazine rings is 1. The highest BCUT2D eigenvalue weighted by Crippen LogP contribution is 2.13. The molecule has 0 radical (unpaired) electrons. The van der Waals surface area contributed by atoms with Gasteiger partial charge in [0, 0.05) is 71.0 Å². The summed E-state index contributed by atoms with van der Waals surface area (Å²) in [5.74, 6) is 1.89. The van der Waals surface area contributed by atoms with E-state index in [-0.39, 0.29) is 29.9 Å². The van der Waals surface area contributed by atoms with Gasteiger partial charge in [0.2, 0.25) is 5.91 Å². The van der Waals surface area contributed by atoms with Crippen LogP contribution in [0.4, 0.5) is 5.82 Å². The molecule has 1 fully saturated rings. The lowest BCUT2D eigenvalue weighted by Crippen LogP contribution is -2.49. The maximum absolute atomic E-state index is 12.6. The summed E-state index contributed by atoms with van der Waals surface area (Å²) in [6.45, 7) is 4.29. The number of halogens is 2. The summed E-state index contributed by atoms with van der Waals surface area (Å²) in [5.41, 5.74) is 1.11. The average molecular weight is 557 g/mol. The normalized spacial score (nSPS) is 14.1. The Labute approximate surface area is 206 Å². The quantitative estimate of drug-likeness (QED) is 0.337. The Bertz CT molecular complexity index is 858. The maximum atomic E-state index is 12.6. The van der Waals surface area contributed by atoms with Crippen molar-refractivity contribution in [1.82, 2.24) is 20.1 Å². The van der Waals surface area contributed by atoms with Crippen molar-refractivity contribution in [2.24, 2.45) is 4.99 Å². The minimum atomic E-state index is 0. The second-order valence-electron chi connectivity index (χ2n) is 7.27. The van der Waals surface area contributed by atoms with E-state index in [1.165, 1.54) is 0 Å². The van der Waals surface area contributed by atoms with Gasteiger partial charge in [-0.05, 0) is 29.8 Å². The van der Waals surface area contributed by atoms with E-state index >= 15 is 0 Å². The number of benzene rings is 1. The van der Waals surface area contributed by atoms with Gasteiger partial charge in [0.25, 0.3) is 0 Å². The number of pyridine rings is 1. The molecule has 0 aliphatic carbocycles. The Hall–Kier alpha value is -2.07. The summed E-state index contributed by atoms with van der Waals surface area (Å²) >= 11 is 6.06. The number of guanidine groups is 1. The Morgan fingerprint density at radius 3 is 2.61 bits per heavy atom. The van der Waals surface area contributed by atoms with Gasteiger partial charge in [0.05, 0.1) is 0 Å². The van der Waals surface area contributed by atoms with Crippen LogP contribution in [0, 0.1) is 0 Å². The number of anilines is 1. The highest BCUT2D eigenvalue weighted by atomic mass is 127. The number of carbonyl (C=O) groups is 1. The van der Waals surface area contributed by atoms with Crippen LogP contribution in [0.25, 0.3) is 0 Å². The summed E-state index contributed by atoms with van der Waals surface area (Å²) in [7, 11) is 3.71. The van der Waals surface area contributed by atoms with Crippen molar-refractivity contribution < 1.29 is 4.79 Å². The third-order valence-corrected chi connectivity index (χ3v) is 5.34. The number of aromatic nitrogens is 1. The molecular formula is C22H30ClIN6O. The van der Waals surface area contributed by atoms with E-state index in [1.54, 1.807) is 13.2 Å². The fourth-order valence-corrected chi connectivity index (χ4v) is 3.75. The second-order valence-corrected chi connectivity index (χ2v) is 7.70. The van der Waals surface area contributed by atoms with E-state index in [0.717, 1.165) is 48.5 Å². The van der Waals surface area contributed by atoms with Gasteiger partial charge in [-0.3, -0.25) is 9.79 Å². The molecule has 1 aliphatic rings. The van der Waals surface area contributed by atoms with Gasteiger partial charge in [-0.25, -0.2) is 4.98 Å². The lowest BCUT2D eigenvalue weighted by Gasteiger charge is -2.35. The molecule has 0 saturated carbocycles. The minimum Gasteiger partial charge on any atom is -0.356 e. The smallest absolute Gasteiger partial charge is 0.224 e. The molecule has 1 saturated heterocycles. The van der Waals surface area contributed by atoms with Gasteiger partial charge in [-0.15, -0.1) is 24.0 Å². The summed E-state index contributed by atoms with van der Waals surface area (Å²) in [6.07, 6.45) is 2.24. The number of carbonyl (C=O) groups excluding carboxylic acids is 1. The molecule has 9 heteroatoms. The maximum Gasteiger partial charge on any atom is 0.224 e. The van der Waals surface area contributed by atoms with E-state index in [0.29, 0.717) is 19.5 Å². The summed E-state index contributed by atoms with van der Waals surface area (Å²) < 4.78 is 0. The third kappa shape index (κ3) is 7.53. The molecule has 1 amide bonds. The van der Waals surface area contributed by atoms with Crippen LogP contribution >= 0.6 is 35.6 Å². The molecule has 1 aromatic carbocycles. The molecule has 3 rings (SSSR count). The number of rotatable bonds is 6. The Balaban J connectivity index is 0.00000341. The van der Waals surface area contributed by atoms with E-state index in [9.17, 15) is 4.79 Å². The highest BCUT2D eigenvalue weighted by molar-refractivity contribution is 14.0. The molecular weight excluding hydrogens is 527 g/mol. The molecule has 0 bridgehead atoms. The zero-order valence-corrected chi connectivity index (χ0v) is 21.1. The van der Waals surface area contributed by atoms with Crippen LogP contribution in [0.2, 0.25) is 5.02 Å². The first-order chi connectivity index (χ1) is 14.6. The topological polar surface area (TPSA) is 64.1 Å². The molecule has 1 N–H and O–H groups in total. The van der Waals surface area contributed by atoms with E-state index in [4.69, 9.17) is 11.6 Å². The van der Waals surface area contributed by atoms with Crippen LogP contribution in [0.5, 0.6) is 0 Å². The van der Waals surface area contributed by atoms with Crippen LogP contribution in [-0.2, 0) is 11.3 Å². The van der Waals surface area contributed by atoms with Crippen molar-refractivity contribution in [3.63, 3.8) is 0 Å². The number of aliphatic imine (C=N–C) groups is 1. The Kier molecular flexibility index (Phi) is 10.3. The van der Waals surface area contributed by atoms with Crippen molar-refractivity contribution >= 4 is 53.3 Å². The summed E-state index contributed by atoms with van der Waals surface area (Å²) in [4.78, 5) is 27.5. The van der Waals surface area contributed by atoms with Crippen molar-refractivity contribution in [3.8, 4) is 0 Å². The lowest BCUT2D eigenvalue weighted by atomic mass is 10.2. The van der Waals surface area contributed by atoms with Gasteiger partial charge >= 0.3 is 0 Å². The van der Waals surface area contributed by atoms with Crippen molar-refractivity contribution in [2.45, 2.75) is 13.0 Å². The van der Waals surface area contributed by atoms with E-state index in [1.807, 2.05) is 59.3 Å². The first-order valence-corrected chi connectivity index (χ1v) is 10.5. The Morgan fingerprint density at radius 2 is 1.97 bits per heavy atom. The monoisotopic (exact) mass is 556 g/mol. The minimum absolute atomic E-state index is 0. The predicted molar refractivity (Wildman–Crippen MR) is 137 cm³/mol. The van der Waals surface area contributed by atoms with E-state index < -0.39 is 0 Å². The average Bonchev–Trinajstić information content (AvgIpc) is 2.77. The summed E-state index contributed by atoms with van der Waals surface area (Å²) in [5, 5.41) is 4.00. The summed E-state index contributed by atoms with van der Waals surface area (Å²) in [6, 6.07) is 13.7. The predicted octanol–water partition coefficient (Wildman–Crippen LogP) is 3.10. The highest BCUT2D eigenvalue weighted by Gasteiger charge is 2.21. The molecule has 2 aromatic rings. The molecule has 31 heavy (non-hydrogen) atoms. The van der Waals surface area contributed by atoms with Gasteiger partial charge in [-0.2, -0.15) is 0 Å². The largest absolute Gasteiger partial charge is 0.356 e. The Morgan fingerprint density at radius 1 is 1.19 bits per heavy atom. The van der Waals surface area contributed by atoms with Crippen molar-refractivity contribution in [2.75, 3.05) is 51.7 Å². The molecule has 0 atom stereocenters. The molecule has 7 nitrogen and oxygen atoms in total. The van der Waals surface area contributed by atoms with Crippen LogP contribution in [0.3, 0.4) is 0 Å². The van der Waals surface area contributed by atoms with Gasteiger partial charge in [0.1, 0.15) is 5.82 Å². The van der Waals surface area contributed by atoms with Crippen LogP contribution in [0.15, 0.2) is 53.7 Å². The van der Waals surface area contributed by atoms with Crippen LogP contribution in [0.1, 0.15) is 12.0 Å². The zero-order valence-electron chi connectivity index (χ0n) is 18.0. The van der Waals surface area contributed by atoms with Gasteiger partial charge in [0.15, 0.2) is 5.96 Å². The molecule has 1 aliphatic heterocycles. The fraction of sp³-hybridized carbons (Fsp3) is 0.409. The SMILES string of the molecule is CN=C(NCCC(=O)N1CCN(c2ccccn2)CC1)N(C)Cc1cccc(Cl)c1.I. The molecule has 1 aromatic heterocycles. The number of hydrogen-bond donors (Lipinski definition) is 1. The van der Waals surface area contributed by atoms with Gasteiger partial charge in [-0.1, -0.05) is 29.8 Å². The fourth-order valence-electron chi connectivity index (χ4n) is 3.53. The zero-order chi connectivity index (χ0) is 21.3. The first-order valence-electron chi connectivity index (χ1n) is 10.2. The number of amides is 1. The van der Waals surface area contributed by atoms with Crippen molar-refractivity contribution in [3.05, 3.63) is 59.2 Å². The first kappa shape index (κ1) is 25.2. The molecule has 168 valence electrons. The molecule has 2 heterocycles. The van der Waals surface area contributed by atoms with Gasteiger partial charge < -0.3 is 20.0 Å². The van der Waals surface area contributed by atoms with E-state index in [2.05, 4.69) is 20.2 Å². The molecule has 0 spiro atoms. The number of hydrogen-bond acceptors (Lipinski definition) is 4.